The van der Waals surface area contributed by atoms with E-state index in [9.17, 15) is 19.4 Å². The number of carbonyl (C=O) groups excluding carboxylic acids is 1. The fraction of sp³-hybridized carbons (Fsp3) is 0.562. The van der Waals surface area contributed by atoms with Gasteiger partial charge in [-0.2, -0.15) is 0 Å². The van der Waals surface area contributed by atoms with Gasteiger partial charge in [0.15, 0.2) is 0 Å². The van der Waals surface area contributed by atoms with E-state index in [1.54, 1.807) is 7.11 Å². The first-order valence-electron chi connectivity index (χ1n) is 7.47. The van der Waals surface area contributed by atoms with Crippen LogP contribution in [-0.4, -0.2) is 61.1 Å². The van der Waals surface area contributed by atoms with Gasteiger partial charge in [0.05, 0.1) is 38.4 Å². The first kappa shape index (κ1) is 22.0. The van der Waals surface area contributed by atoms with Gasteiger partial charge in [-0.05, 0) is 17.7 Å². The van der Waals surface area contributed by atoms with Crippen LogP contribution in [0.2, 0.25) is 0 Å². The van der Waals surface area contributed by atoms with Crippen molar-refractivity contribution in [3.8, 4) is 5.75 Å². The largest absolute Gasteiger partial charge is 1.00 e. The summed E-state index contributed by atoms with van der Waals surface area (Å²) in [4.78, 5) is 12.3. The summed E-state index contributed by atoms with van der Waals surface area (Å²) in [5.74, 6) is -0.562. The summed E-state index contributed by atoms with van der Waals surface area (Å²) in [5.41, 5.74) is 0.926. The molecule has 1 N–H and O–H groups in total. The molecule has 24 heavy (non-hydrogen) atoms. The van der Waals surface area contributed by atoms with Crippen molar-refractivity contribution >= 4 is 5.97 Å². The number of hydrogen-bond donors (Lipinski definition) is 1. The minimum atomic E-state index is -1.31. The Balaban J connectivity index is 0.00000288. The maximum Gasteiger partial charge on any atom is 1.00 e. The van der Waals surface area contributed by atoms with Gasteiger partial charge >= 0.3 is 51.4 Å². The van der Waals surface area contributed by atoms with Gasteiger partial charge in [0.25, 0.3) is 0 Å². The molecule has 0 aliphatic carbocycles. The summed E-state index contributed by atoms with van der Waals surface area (Å²) in [6.07, 6.45) is -2.19. The normalized spacial score (nSPS) is 22.0. The molecule has 2 rings (SSSR count). The third-order valence-electron chi connectivity index (χ3n) is 3.81. The number of rotatable bonds is 8. The zero-order valence-electron chi connectivity index (χ0n) is 14.0. The fourth-order valence-corrected chi connectivity index (χ4v) is 2.65. The molecule has 128 valence electrons. The predicted molar refractivity (Wildman–Crippen MR) is 78.5 cm³/mol. The van der Waals surface area contributed by atoms with Crippen LogP contribution in [-0.2, 0) is 16.1 Å². The zero-order chi connectivity index (χ0) is 16.8. The molecular formula is C16H21FKNO5. The molecule has 1 aliphatic heterocycles. The van der Waals surface area contributed by atoms with Crippen molar-refractivity contribution in [1.82, 2.24) is 4.90 Å². The minimum Gasteiger partial charge on any atom is -0.548 e. The number of aliphatic hydroxyl groups excluding tert-OH is 1. The molecule has 1 aromatic rings. The fourth-order valence-electron chi connectivity index (χ4n) is 2.65. The van der Waals surface area contributed by atoms with Crippen LogP contribution < -0.4 is 61.2 Å². The molecule has 0 bridgehead atoms. The van der Waals surface area contributed by atoms with Crippen molar-refractivity contribution in [2.45, 2.75) is 31.3 Å². The van der Waals surface area contributed by atoms with E-state index in [0.717, 1.165) is 11.3 Å². The second kappa shape index (κ2) is 10.8. The van der Waals surface area contributed by atoms with Crippen molar-refractivity contribution in [2.24, 2.45) is 0 Å². The number of carbonyl (C=O) groups is 1. The van der Waals surface area contributed by atoms with Gasteiger partial charge in [0.1, 0.15) is 11.9 Å². The first-order valence-corrected chi connectivity index (χ1v) is 7.47. The number of methoxy groups -OCH3 is 1. The summed E-state index contributed by atoms with van der Waals surface area (Å²) < 4.78 is 23.8. The van der Waals surface area contributed by atoms with Crippen LogP contribution in [0.4, 0.5) is 4.39 Å². The van der Waals surface area contributed by atoms with Crippen molar-refractivity contribution in [3.63, 3.8) is 0 Å². The number of β-amino-alcohol motifs (C(OH)–C–C–N with tert-alkyl or cyclic N) is 1. The Kier molecular flexibility index (Phi) is 9.91. The van der Waals surface area contributed by atoms with Gasteiger partial charge in [-0.15, -0.1) is 0 Å². The van der Waals surface area contributed by atoms with E-state index in [0.29, 0.717) is 6.61 Å². The van der Waals surface area contributed by atoms with Gasteiger partial charge < -0.3 is 24.5 Å². The van der Waals surface area contributed by atoms with Crippen LogP contribution in [0.1, 0.15) is 12.0 Å². The van der Waals surface area contributed by atoms with Crippen LogP contribution in [0.25, 0.3) is 0 Å². The molecule has 3 atom stereocenters. The topological polar surface area (TPSA) is 82.1 Å². The molecule has 0 saturated carbocycles. The van der Waals surface area contributed by atoms with Crippen molar-refractivity contribution in [3.05, 3.63) is 29.8 Å². The number of likely N-dealkylation sites (tertiary alicyclic amines) is 1. The van der Waals surface area contributed by atoms with Crippen LogP contribution in [0.5, 0.6) is 5.75 Å². The Labute approximate surface area is 183 Å². The third kappa shape index (κ3) is 6.68. The number of aliphatic hydroxyl groups is 1. The predicted octanol–water partition coefficient (Wildman–Crippen LogP) is -3.26. The first-order chi connectivity index (χ1) is 11.0. The number of carboxylic acid groups (broad SMARTS) is 1. The Hall–Kier alpha value is -0.0636. The van der Waals surface area contributed by atoms with E-state index in [4.69, 9.17) is 9.47 Å². The van der Waals surface area contributed by atoms with Crippen LogP contribution >= 0.6 is 0 Å². The molecule has 1 aliphatic rings. The number of hydrogen-bond acceptors (Lipinski definition) is 6. The van der Waals surface area contributed by atoms with Gasteiger partial charge in [-0.25, -0.2) is 4.39 Å². The molecule has 8 heteroatoms. The number of halogens is 1. The van der Waals surface area contributed by atoms with Crippen molar-refractivity contribution < 1.29 is 80.3 Å². The van der Waals surface area contributed by atoms with Crippen LogP contribution in [0, 0.1) is 0 Å². The van der Waals surface area contributed by atoms with Gasteiger partial charge in [0, 0.05) is 19.5 Å². The average Bonchev–Trinajstić information content (AvgIpc) is 2.88. The van der Waals surface area contributed by atoms with Gasteiger partial charge in [0.2, 0.25) is 0 Å². The summed E-state index contributed by atoms with van der Waals surface area (Å²) in [7, 11) is 1.59. The van der Waals surface area contributed by atoms with E-state index in [2.05, 4.69) is 0 Å². The number of alkyl halides is 1. The molecule has 1 saturated heterocycles. The Morgan fingerprint density at radius 2 is 2.12 bits per heavy atom. The van der Waals surface area contributed by atoms with Crippen LogP contribution in [0.3, 0.4) is 0 Å². The number of nitrogens with zero attached hydrogens (tertiary/aromatic N) is 1. The van der Waals surface area contributed by atoms with Gasteiger partial charge in [-0.3, -0.25) is 4.90 Å². The summed E-state index contributed by atoms with van der Waals surface area (Å²) in [5, 5.41) is 20.9. The molecule has 0 aromatic heterocycles. The molecular weight excluding hydrogens is 344 g/mol. The van der Waals surface area contributed by atoms with E-state index >= 15 is 0 Å². The van der Waals surface area contributed by atoms with E-state index in [1.807, 2.05) is 24.3 Å². The molecule has 0 amide bonds. The standard InChI is InChI=1S/C16H22FNO5.K/c1-22-14-4-2-11(3-5-14)9-23-10-13(19)8-18-7-12(17)6-15(18)16(20)21;/h2-5,12-13,15,19H,6-10H2,1H3,(H,20,21);/q;+1/p-1/t12-,13?,15-;/m0./s1. The molecule has 6 nitrogen and oxygen atoms in total. The number of aliphatic carboxylic acids is 1. The smallest absolute Gasteiger partial charge is 0.548 e. The quantitative estimate of drug-likeness (QED) is 0.487. The molecule has 1 fully saturated rings. The molecule has 1 heterocycles. The Morgan fingerprint density at radius 1 is 1.46 bits per heavy atom. The zero-order valence-corrected chi connectivity index (χ0v) is 17.1. The SMILES string of the molecule is COc1ccc(COCC(O)CN2C[C@@H](F)C[C@H]2C(=O)[O-])cc1.[K+]. The summed E-state index contributed by atoms with van der Waals surface area (Å²) in [6.45, 7) is 0.395. The van der Waals surface area contributed by atoms with E-state index < -0.39 is 24.3 Å². The Bertz CT molecular complexity index is 516. The molecule has 1 aromatic carbocycles. The molecule has 0 spiro atoms. The maximum atomic E-state index is 13.3. The third-order valence-corrected chi connectivity index (χ3v) is 3.81. The minimum absolute atomic E-state index is 0. The Morgan fingerprint density at radius 3 is 2.71 bits per heavy atom. The maximum absolute atomic E-state index is 13.3. The van der Waals surface area contributed by atoms with E-state index in [1.165, 1.54) is 4.90 Å². The number of benzene rings is 1. The number of carboxylic acids is 1. The van der Waals surface area contributed by atoms with Gasteiger partial charge in [-0.1, -0.05) is 12.1 Å². The number of ether oxygens (including phenoxy) is 2. The monoisotopic (exact) mass is 365 g/mol. The molecule has 1 unspecified atom stereocenters. The van der Waals surface area contributed by atoms with E-state index in [-0.39, 0.29) is 77.5 Å². The van der Waals surface area contributed by atoms with Crippen LogP contribution in [0.15, 0.2) is 24.3 Å². The van der Waals surface area contributed by atoms with Crippen molar-refractivity contribution in [2.75, 3.05) is 26.8 Å². The second-order valence-electron chi connectivity index (χ2n) is 5.64. The average molecular weight is 365 g/mol. The second-order valence-corrected chi connectivity index (χ2v) is 5.64. The van der Waals surface area contributed by atoms with Crippen molar-refractivity contribution in [1.29, 1.82) is 0 Å². The summed E-state index contributed by atoms with van der Waals surface area (Å²) in [6, 6.07) is 6.34. The molecule has 0 radical (unpaired) electrons. The summed E-state index contributed by atoms with van der Waals surface area (Å²) >= 11 is 0.